The summed E-state index contributed by atoms with van der Waals surface area (Å²) in [5, 5.41) is 10.4. The number of aryl methyl sites for hydroxylation is 1. The molecular formula is C16H18O. The van der Waals surface area contributed by atoms with E-state index in [0.29, 0.717) is 0 Å². The van der Waals surface area contributed by atoms with Crippen LogP contribution in [0.3, 0.4) is 0 Å². The number of hydrogen-bond acceptors (Lipinski definition) is 1. The summed E-state index contributed by atoms with van der Waals surface area (Å²) in [5.74, 6) is 0. The molecule has 1 heteroatoms. The second-order valence-electron chi connectivity index (χ2n) is 4.53. The van der Waals surface area contributed by atoms with Gasteiger partial charge in [-0.05, 0) is 48.6 Å². The standard InChI is InChI=1S/C16H18O/c1-11-9-10-15(13(3)12(11)2)16(17)14-7-5-4-6-8-14/h4-10,16-17H,1-3H3/t16-/m0/s1. The maximum Gasteiger partial charge on any atom is 0.104 e. The summed E-state index contributed by atoms with van der Waals surface area (Å²) in [7, 11) is 0. The molecule has 0 aromatic heterocycles. The monoisotopic (exact) mass is 226 g/mol. The molecule has 0 radical (unpaired) electrons. The summed E-state index contributed by atoms with van der Waals surface area (Å²) >= 11 is 0. The lowest BCUT2D eigenvalue weighted by Crippen LogP contribution is -2.03. The van der Waals surface area contributed by atoms with Gasteiger partial charge in [-0.1, -0.05) is 42.5 Å². The number of aliphatic hydroxyl groups excluding tert-OH is 1. The Hall–Kier alpha value is -1.60. The molecular weight excluding hydrogens is 208 g/mol. The molecule has 0 fully saturated rings. The predicted octanol–water partition coefficient (Wildman–Crippen LogP) is 3.69. The quantitative estimate of drug-likeness (QED) is 0.828. The van der Waals surface area contributed by atoms with Gasteiger partial charge in [0.15, 0.2) is 0 Å². The zero-order chi connectivity index (χ0) is 12.4. The third-order valence-corrected chi connectivity index (χ3v) is 3.51. The highest BCUT2D eigenvalue weighted by Gasteiger charge is 2.14. The van der Waals surface area contributed by atoms with Crippen molar-refractivity contribution in [3.63, 3.8) is 0 Å². The van der Waals surface area contributed by atoms with Crippen LogP contribution in [0, 0.1) is 20.8 Å². The Morgan fingerprint density at radius 2 is 1.47 bits per heavy atom. The van der Waals surface area contributed by atoms with E-state index in [9.17, 15) is 5.11 Å². The Morgan fingerprint density at radius 1 is 0.824 bits per heavy atom. The molecule has 2 aromatic carbocycles. The third-order valence-electron chi connectivity index (χ3n) is 3.51. The first-order valence-electron chi connectivity index (χ1n) is 5.91. The molecule has 2 aromatic rings. The van der Waals surface area contributed by atoms with E-state index in [1.165, 1.54) is 16.7 Å². The average molecular weight is 226 g/mol. The van der Waals surface area contributed by atoms with Crippen LogP contribution < -0.4 is 0 Å². The molecule has 0 heterocycles. The lowest BCUT2D eigenvalue weighted by Gasteiger charge is -2.17. The van der Waals surface area contributed by atoms with Gasteiger partial charge in [0.2, 0.25) is 0 Å². The van der Waals surface area contributed by atoms with Crippen molar-refractivity contribution >= 4 is 0 Å². The molecule has 0 aliphatic heterocycles. The van der Waals surface area contributed by atoms with Gasteiger partial charge in [-0.2, -0.15) is 0 Å². The van der Waals surface area contributed by atoms with Crippen molar-refractivity contribution in [2.24, 2.45) is 0 Å². The van der Waals surface area contributed by atoms with Gasteiger partial charge in [0.1, 0.15) is 6.10 Å². The van der Waals surface area contributed by atoms with Crippen LogP contribution in [0.15, 0.2) is 42.5 Å². The number of aliphatic hydroxyl groups is 1. The summed E-state index contributed by atoms with van der Waals surface area (Å²) in [6, 6.07) is 13.9. The van der Waals surface area contributed by atoms with E-state index >= 15 is 0 Å². The number of benzene rings is 2. The van der Waals surface area contributed by atoms with Crippen LogP contribution in [-0.4, -0.2) is 5.11 Å². The largest absolute Gasteiger partial charge is 0.384 e. The summed E-state index contributed by atoms with van der Waals surface area (Å²) in [6.07, 6.45) is -0.532. The Kier molecular flexibility index (Phi) is 3.30. The van der Waals surface area contributed by atoms with Gasteiger partial charge in [-0.25, -0.2) is 0 Å². The SMILES string of the molecule is Cc1ccc([C@@H](O)c2ccccc2)c(C)c1C. The fourth-order valence-electron chi connectivity index (χ4n) is 2.09. The molecule has 2 rings (SSSR count). The number of rotatable bonds is 2. The molecule has 0 saturated carbocycles. The van der Waals surface area contributed by atoms with E-state index in [0.717, 1.165) is 11.1 Å². The molecule has 0 amide bonds. The Balaban J connectivity index is 2.45. The lowest BCUT2D eigenvalue weighted by molar-refractivity contribution is 0.219. The Labute approximate surface area is 103 Å². The first-order chi connectivity index (χ1) is 8.11. The Morgan fingerprint density at radius 3 is 2.12 bits per heavy atom. The van der Waals surface area contributed by atoms with Crippen LogP contribution in [0.2, 0.25) is 0 Å². The normalized spacial score (nSPS) is 12.5. The smallest absolute Gasteiger partial charge is 0.104 e. The summed E-state index contributed by atoms with van der Waals surface area (Å²) in [6.45, 7) is 6.27. The maximum atomic E-state index is 10.4. The summed E-state index contributed by atoms with van der Waals surface area (Å²) in [5.41, 5.74) is 5.66. The minimum atomic E-state index is -0.532. The van der Waals surface area contributed by atoms with E-state index in [1.54, 1.807) is 0 Å². The number of hydrogen-bond donors (Lipinski definition) is 1. The van der Waals surface area contributed by atoms with Gasteiger partial charge < -0.3 is 5.11 Å². The second-order valence-corrected chi connectivity index (χ2v) is 4.53. The van der Waals surface area contributed by atoms with Crippen molar-refractivity contribution in [1.82, 2.24) is 0 Å². The molecule has 0 bridgehead atoms. The van der Waals surface area contributed by atoms with Crippen LogP contribution in [0.4, 0.5) is 0 Å². The molecule has 1 nitrogen and oxygen atoms in total. The Bertz CT molecular complexity index is 515. The van der Waals surface area contributed by atoms with E-state index in [-0.39, 0.29) is 0 Å². The summed E-state index contributed by atoms with van der Waals surface area (Å²) < 4.78 is 0. The van der Waals surface area contributed by atoms with Crippen molar-refractivity contribution in [2.75, 3.05) is 0 Å². The van der Waals surface area contributed by atoms with Crippen LogP contribution in [0.25, 0.3) is 0 Å². The van der Waals surface area contributed by atoms with E-state index in [2.05, 4.69) is 26.8 Å². The molecule has 0 unspecified atom stereocenters. The fraction of sp³-hybridized carbons (Fsp3) is 0.250. The molecule has 1 N–H and O–H groups in total. The first kappa shape index (κ1) is 11.9. The van der Waals surface area contributed by atoms with Gasteiger partial charge in [0.05, 0.1) is 0 Å². The molecule has 0 saturated heterocycles. The minimum Gasteiger partial charge on any atom is -0.384 e. The summed E-state index contributed by atoms with van der Waals surface area (Å²) in [4.78, 5) is 0. The van der Waals surface area contributed by atoms with Crippen LogP contribution in [0.5, 0.6) is 0 Å². The zero-order valence-corrected chi connectivity index (χ0v) is 10.6. The molecule has 0 aliphatic rings. The van der Waals surface area contributed by atoms with Crippen molar-refractivity contribution in [2.45, 2.75) is 26.9 Å². The van der Waals surface area contributed by atoms with Gasteiger partial charge in [0.25, 0.3) is 0 Å². The van der Waals surface area contributed by atoms with E-state index in [4.69, 9.17) is 0 Å². The molecule has 0 spiro atoms. The third kappa shape index (κ3) is 2.25. The molecule has 0 aliphatic carbocycles. The second kappa shape index (κ2) is 4.72. The highest BCUT2D eigenvalue weighted by molar-refractivity contribution is 5.42. The average Bonchev–Trinajstić information content (AvgIpc) is 2.36. The highest BCUT2D eigenvalue weighted by Crippen LogP contribution is 2.27. The van der Waals surface area contributed by atoms with Crippen LogP contribution in [0.1, 0.15) is 33.9 Å². The fourth-order valence-corrected chi connectivity index (χ4v) is 2.09. The van der Waals surface area contributed by atoms with Crippen molar-refractivity contribution in [3.05, 3.63) is 70.3 Å². The van der Waals surface area contributed by atoms with Gasteiger partial charge in [-0.15, -0.1) is 0 Å². The van der Waals surface area contributed by atoms with Gasteiger partial charge in [0, 0.05) is 0 Å². The van der Waals surface area contributed by atoms with Crippen LogP contribution in [-0.2, 0) is 0 Å². The van der Waals surface area contributed by atoms with Crippen molar-refractivity contribution in [3.8, 4) is 0 Å². The van der Waals surface area contributed by atoms with Crippen LogP contribution >= 0.6 is 0 Å². The van der Waals surface area contributed by atoms with Crippen molar-refractivity contribution < 1.29 is 5.11 Å². The molecule has 88 valence electrons. The maximum absolute atomic E-state index is 10.4. The minimum absolute atomic E-state index is 0.532. The zero-order valence-electron chi connectivity index (χ0n) is 10.6. The van der Waals surface area contributed by atoms with Crippen molar-refractivity contribution in [1.29, 1.82) is 0 Å². The van der Waals surface area contributed by atoms with E-state index in [1.807, 2.05) is 36.4 Å². The first-order valence-corrected chi connectivity index (χ1v) is 5.91. The molecule has 17 heavy (non-hydrogen) atoms. The van der Waals surface area contributed by atoms with Gasteiger partial charge in [-0.3, -0.25) is 0 Å². The van der Waals surface area contributed by atoms with Gasteiger partial charge >= 0.3 is 0 Å². The highest BCUT2D eigenvalue weighted by atomic mass is 16.3. The lowest BCUT2D eigenvalue weighted by atomic mass is 9.92. The van der Waals surface area contributed by atoms with E-state index < -0.39 is 6.10 Å². The predicted molar refractivity (Wildman–Crippen MR) is 71.2 cm³/mol. The molecule has 1 atom stereocenters. The topological polar surface area (TPSA) is 20.2 Å².